The summed E-state index contributed by atoms with van der Waals surface area (Å²) in [5, 5.41) is 16.1. The van der Waals surface area contributed by atoms with Gasteiger partial charge in [-0.3, -0.25) is 4.79 Å². The average Bonchev–Trinajstić information content (AvgIpc) is 1.65. The van der Waals surface area contributed by atoms with Crippen LogP contribution in [0.25, 0.3) is 0 Å². The molecule has 0 fully saturated rings. The van der Waals surface area contributed by atoms with Crippen LogP contribution in [-0.2, 0) is 4.79 Å². The molecule has 0 amide bonds. The van der Waals surface area contributed by atoms with Gasteiger partial charge < -0.3 is 10.2 Å². The second-order valence-corrected chi connectivity index (χ2v) is 1.42. The number of aliphatic carboxylic acids is 1. The van der Waals surface area contributed by atoms with Gasteiger partial charge in [-0.25, -0.2) is 0 Å². The summed E-state index contributed by atoms with van der Waals surface area (Å²) in [5.74, 6) is -1.58. The van der Waals surface area contributed by atoms with Gasteiger partial charge in [-0.1, -0.05) is 0 Å². The molecule has 8 heavy (non-hydrogen) atoms. The van der Waals surface area contributed by atoms with Gasteiger partial charge >= 0.3 is 5.97 Å². The molecule has 0 heterocycles. The first-order chi connectivity index (χ1) is 3.18. The lowest BCUT2D eigenvalue weighted by Gasteiger charge is -1.95. The molecule has 0 unspecified atom stereocenters. The van der Waals surface area contributed by atoms with Crippen LogP contribution in [0, 0.1) is 5.92 Å². The smallest absolute Gasteiger partial charge is 0.308 e. The summed E-state index contributed by atoms with van der Waals surface area (Å²) in [6.45, 7) is 1.16. The van der Waals surface area contributed by atoms with Gasteiger partial charge in [-0.2, -0.15) is 0 Å². The van der Waals surface area contributed by atoms with Crippen molar-refractivity contribution in [3.63, 3.8) is 0 Å². The van der Waals surface area contributed by atoms with E-state index < -0.39 is 11.9 Å². The van der Waals surface area contributed by atoms with E-state index in [2.05, 4.69) is 0 Å². The first kappa shape index (κ1) is 10.7. The number of carbonyl (C=O) groups is 1. The van der Waals surface area contributed by atoms with Gasteiger partial charge in [-0.05, 0) is 6.92 Å². The fourth-order valence-electron chi connectivity index (χ4n) is 0.0781. The zero-order valence-electron chi connectivity index (χ0n) is 4.50. The van der Waals surface area contributed by atoms with Gasteiger partial charge in [0.1, 0.15) is 0 Å². The SMILES string of the molecule is C[C@H](CO)C(=O)O.Cl. The predicted molar refractivity (Wildman–Crippen MR) is 31.1 cm³/mol. The van der Waals surface area contributed by atoms with Crippen molar-refractivity contribution in [1.82, 2.24) is 0 Å². The first-order valence-corrected chi connectivity index (χ1v) is 2.02. The molecule has 1 atom stereocenters. The molecule has 0 aromatic heterocycles. The summed E-state index contributed by atoms with van der Waals surface area (Å²) in [5.41, 5.74) is 0. The summed E-state index contributed by atoms with van der Waals surface area (Å²) in [6.07, 6.45) is 0. The number of carboxylic acids is 1. The molecular formula is C4H9ClO3. The lowest BCUT2D eigenvalue weighted by atomic mass is 10.2. The maximum Gasteiger partial charge on any atom is 0.308 e. The third kappa shape index (κ3) is 3.89. The highest BCUT2D eigenvalue weighted by atomic mass is 35.5. The third-order valence-electron chi connectivity index (χ3n) is 0.695. The molecule has 0 spiro atoms. The van der Waals surface area contributed by atoms with Gasteiger partial charge in [0.05, 0.1) is 12.5 Å². The molecule has 3 nitrogen and oxygen atoms in total. The number of aliphatic hydroxyl groups is 1. The molecule has 0 aliphatic rings. The van der Waals surface area contributed by atoms with E-state index in [0.29, 0.717) is 0 Å². The molecule has 0 bridgehead atoms. The molecule has 50 valence electrons. The van der Waals surface area contributed by atoms with Crippen LogP contribution >= 0.6 is 12.4 Å². The topological polar surface area (TPSA) is 57.5 Å². The third-order valence-corrected chi connectivity index (χ3v) is 0.695. The number of aliphatic hydroxyl groups excluding tert-OH is 1. The highest BCUT2D eigenvalue weighted by Crippen LogP contribution is 1.88. The van der Waals surface area contributed by atoms with Crippen molar-refractivity contribution in [2.45, 2.75) is 6.92 Å². The molecule has 0 radical (unpaired) electrons. The highest BCUT2D eigenvalue weighted by Gasteiger charge is 2.06. The molecule has 0 aromatic rings. The van der Waals surface area contributed by atoms with Crippen molar-refractivity contribution < 1.29 is 15.0 Å². The van der Waals surface area contributed by atoms with Crippen LogP contribution in [0.5, 0.6) is 0 Å². The summed E-state index contributed by atoms with van der Waals surface area (Å²) in [6, 6.07) is 0. The van der Waals surface area contributed by atoms with Crippen LogP contribution in [0.3, 0.4) is 0 Å². The Morgan fingerprint density at radius 1 is 1.75 bits per heavy atom. The Kier molecular flexibility index (Phi) is 6.48. The zero-order valence-corrected chi connectivity index (χ0v) is 5.31. The zero-order chi connectivity index (χ0) is 5.86. The Hall–Kier alpha value is -0.280. The molecule has 0 saturated heterocycles. The molecule has 2 N–H and O–H groups in total. The van der Waals surface area contributed by atoms with E-state index in [1.165, 1.54) is 6.92 Å². The van der Waals surface area contributed by atoms with Crippen LogP contribution in [0.15, 0.2) is 0 Å². The van der Waals surface area contributed by atoms with Crippen molar-refractivity contribution in [2.24, 2.45) is 5.92 Å². The second-order valence-electron chi connectivity index (χ2n) is 1.42. The fourth-order valence-corrected chi connectivity index (χ4v) is 0.0781. The van der Waals surface area contributed by atoms with Gasteiger partial charge in [0.25, 0.3) is 0 Å². The van der Waals surface area contributed by atoms with Crippen LogP contribution in [-0.4, -0.2) is 22.8 Å². The second kappa shape index (κ2) is 4.87. The minimum atomic E-state index is -0.956. The summed E-state index contributed by atoms with van der Waals surface area (Å²) in [7, 11) is 0. The van der Waals surface area contributed by atoms with Crippen LogP contribution < -0.4 is 0 Å². The molecular weight excluding hydrogens is 131 g/mol. The van der Waals surface area contributed by atoms with Gasteiger partial charge in [-0.15, -0.1) is 12.4 Å². The average molecular weight is 141 g/mol. The summed E-state index contributed by atoms with van der Waals surface area (Å²) < 4.78 is 0. The Morgan fingerprint density at radius 2 is 2.12 bits per heavy atom. The summed E-state index contributed by atoms with van der Waals surface area (Å²) in [4.78, 5) is 9.77. The number of rotatable bonds is 2. The first-order valence-electron chi connectivity index (χ1n) is 2.02. The number of halogens is 1. The highest BCUT2D eigenvalue weighted by molar-refractivity contribution is 5.85. The van der Waals surface area contributed by atoms with Gasteiger partial charge in [0.15, 0.2) is 0 Å². The number of carboxylic acid groups (broad SMARTS) is 1. The van der Waals surface area contributed by atoms with E-state index >= 15 is 0 Å². The monoisotopic (exact) mass is 140 g/mol. The Balaban J connectivity index is 0. The lowest BCUT2D eigenvalue weighted by molar-refractivity contribution is -0.142. The maximum atomic E-state index is 9.77. The van der Waals surface area contributed by atoms with Crippen LogP contribution in [0.4, 0.5) is 0 Å². The molecule has 0 rings (SSSR count). The van der Waals surface area contributed by atoms with Gasteiger partial charge in [0, 0.05) is 0 Å². The van der Waals surface area contributed by atoms with Crippen molar-refractivity contribution in [3.8, 4) is 0 Å². The number of hydrogen-bond donors (Lipinski definition) is 2. The molecule has 0 aliphatic carbocycles. The molecule has 0 aliphatic heterocycles. The van der Waals surface area contributed by atoms with E-state index in [1.54, 1.807) is 0 Å². The Bertz CT molecular complexity index is 73.7. The standard InChI is InChI=1S/C4H8O3.ClH/c1-3(2-5)4(6)7;/h3,5H,2H2,1H3,(H,6,7);1H/t3-;/m1./s1. The minimum absolute atomic E-state index is 0. The Labute approximate surface area is 53.7 Å². The van der Waals surface area contributed by atoms with Crippen molar-refractivity contribution >= 4 is 18.4 Å². The van der Waals surface area contributed by atoms with E-state index in [-0.39, 0.29) is 19.0 Å². The number of hydrogen-bond acceptors (Lipinski definition) is 2. The fraction of sp³-hybridized carbons (Fsp3) is 0.750. The van der Waals surface area contributed by atoms with E-state index in [4.69, 9.17) is 10.2 Å². The molecule has 4 heteroatoms. The van der Waals surface area contributed by atoms with Crippen molar-refractivity contribution in [2.75, 3.05) is 6.61 Å². The largest absolute Gasteiger partial charge is 0.481 e. The lowest BCUT2D eigenvalue weighted by Crippen LogP contribution is -2.12. The normalized spacial score (nSPS) is 11.8. The van der Waals surface area contributed by atoms with Crippen LogP contribution in [0.1, 0.15) is 6.92 Å². The molecule has 0 saturated carbocycles. The Morgan fingerprint density at radius 3 is 2.12 bits per heavy atom. The van der Waals surface area contributed by atoms with E-state index in [9.17, 15) is 4.79 Å². The predicted octanol–water partition coefficient (Wildman–Crippen LogP) is 0.121. The van der Waals surface area contributed by atoms with Crippen molar-refractivity contribution in [1.29, 1.82) is 0 Å². The summed E-state index contributed by atoms with van der Waals surface area (Å²) >= 11 is 0. The van der Waals surface area contributed by atoms with Crippen LogP contribution in [0.2, 0.25) is 0 Å². The van der Waals surface area contributed by atoms with Gasteiger partial charge in [0.2, 0.25) is 0 Å². The van der Waals surface area contributed by atoms with E-state index in [1.807, 2.05) is 0 Å². The van der Waals surface area contributed by atoms with Crippen molar-refractivity contribution in [3.05, 3.63) is 0 Å². The van der Waals surface area contributed by atoms with E-state index in [0.717, 1.165) is 0 Å². The maximum absolute atomic E-state index is 9.77. The molecule has 0 aromatic carbocycles. The minimum Gasteiger partial charge on any atom is -0.481 e. The quantitative estimate of drug-likeness (QED) is 0.573.